The van der Waals surface area contributed by atoms with E-state index in [9.17, 15) is 9.59 Å². The number of imidazole rings is 1. The van der Waals surface area contributed by atoms with Crippen molar-refractivity contribution in [3.8, 4) is 0 Å². The lowest BCUT2D eigenvalue weighted by Gasteiger charge is -2.15. The molecule has 3 amide bonds. The molecular formula is C23H27N5O2. The van der Waals surface area contributed by atoms with Gasteiger partial charge in [-0.3, -0.25) is 4.79 Å². The Bertz CT molecular complexity index is 1040. The Morgan fingerprint density at radius 3 is 2.57 bits per heavy atom. The monoisotopic (exact) mass is 405 g/mol. The van der Waals surface area contributed by atoms with Crippen LogP contribution in [0.2, 0.25) is 0 Å². The molecule has 7 nitrogen and oxygen atoms in total. The maximum atomic E-state index is 12.6. The van der Waals surface area contributed by atoms with Crippen LogP contribution in [0.3, 0.4) is 0 Å². The zero-order chi connectivity index (χ0) is 20.9. The summed E-state index contributed by atoms with van der Waals surface area (Å²) in [6.45, 7) is 4.83. The molecule has 156 valence electrons. The smallest absolute Gasteiger partial charge is 0.319 e. The third-order valence-corrected chi connectivity index (χ3v) is 5.52. The third kappa shape index (κ3) is 4.45. The number of hydrogen-bond donors (Lipinski definition) is 2. The largest absolute Gasteiger partial charge is 0.339 e. The summed E-state index contributed by atoms with van der Waals surface area (Å²) in [5, 5.41) is 5.71. The van der Waals surface area contributed by atoms with E-state index in [2.05, 4.69) is 22.5 Å². The van der Waals surface area contributed by atoms with Crippen molar-refractivity contribution in [3.05, 3.63) is 59.9 Å². The molecule has 1 aliphatic rings. The van der Waals surface area contributed by atoms with Crippen molar-refractivity contribution in [1.82, 2.24) is 19.8 Å². The molecule has 4 rings (SSSR count). The molecule has 0 spiro atoms. The van der Waals surface area contributed by atoms with Gasteiger partial charge in [0.1, 0.15) is 0 Å². The van der Waals surface area contributed by atoms with Crippen LogP contribution in [0.5, 0.6) is 0 Å². The summed E-state index contributed by atoms with van der Waals surface area (Å²) < 4.78 is 1.98. The van der Waals surface area contributed by atoms with Gasteiger partial charge in [-0.1, -0.05) is 19.1 Å². The minimum absolute atomic E-state index is 0.0780. The van der Waals surface area contributed by atoms with E-state index in [4.69, 9.17) is 0 Å². The predicted molar refractivity (Wildman–Crippen MR) is 118 cm³/mol. The zero-order valence-electron chi connectivity index (χ0n) is 17.2. The van der Waals surface area contributed by atoms with Gasteiger partial charge in [-0.05, 0) is 55.2 Å². The number of fused-ring (bicyclic) bond motifs is 1. The van der Waals surface area contributed by atoms with Crippen molar-refractivity contribution in [2.75, 3.05) is 25.0 Å². The fourth-order valence-electron chi connectivity index (χ4n) is 3.77. The summed E-state index contributed by atoms with van der Waals surface area (Å²) in [7, 11) is 0. The van der Waals surface area contributed by atoms with Crippen molar-refractivity contribution in [3.63, 3.8) is 0 Å². The number of rotatable bonds is 6. The maximum Gasteiger partial charge on any atom is 0.319 e. The second kappa shape index (κ2) is 8.98. The third-order valence-electron chi connectivity index (χ3n) is 5.52. The van der Waals surface area contributed by atoms with Crippen LogP contribution in [0.25, 0.3) is 11.0 Å². The molecule has 1 aliphatic heterocycles. The van der Waals surface area contributed by atoms with E-state index in [1.807, 2.05) is 51.9 Å². The van der Waals surface area contributed by atoms with Crippen LogP contribution in [-0.2, 0) is 13.0 Å². The van der Waals surface area contributed by atoms with Gasteiger partial charge >= 0.3 is 6.03 Å². The van der Waals surface area contributed by atoms with Crippen LogP contribution in [0.15, 0.2) is 48.8 Å². The van der Waals surface area contributed by atoms with Crippen LogP contribution in [-0.4, -0.2) is 46.0 Å². The predicted octanol–water partition coefficient (Wildman–Crippen LogP) is 3.66. The number of carbonyl (C=O) groups excluding carboxylic acids is 2. The second-order valence-corrected chi connectivity index (χ2v) is 7.57. The van der Waals surface area contributed by atoms with E-state index in [1.54, 1.807) is 6.33 Å². The Labute approximate surface area is 176 Å². The van der Waals surface area contributed by atoms with E-state index in [1.165, 1.54) is 5.56 Å². The number of hydrogen-bond acceptors (Lipinski definition) is 3. The molecule has 2 N–H and O–H groups in total. The van der Waals surface area contributed by atoms with Gasteiger partial charge in [0, 0.05) is 37.4 Å². The highest BCUT2D eigenvalue weighted by Crippen LogP contribution is 2.18. The summed E-state index contributed by atoms with van der Waals surface area (Å²) in [6, 6.07) is 13.2. The molecule has 0 bridgehead atoms. The van der Waals surface area contributed by atoms with Gasteiger partial charge in [-0.2, -0.15) is 0 Å². The second-order valence-electron chi connectivity index (χ2n) is 7.57. The maximum absolute atomic E-state index is 12.6. The van der Waals surface area contributed by atoms with Gasteiger partial charge in [0.25, 0.3) is 5.91 Å². The van der Waals surface area contributed by atoms with Crippen molar-refractivity contribution in [1.29, 1.82) is 0 Å². The standard InChI is InChI=1S/C23H27N5O2/c1-2-17-5-8-19(9-6-17)26-23(30)24-11-14-28-16-25-20-15-18(7-10-21(20)28)22(29)27-12-3-4-13-27/h5-10,15-16H,2-4,11-14H2,1H3,(H2,24,26,30). The average Bonchev–Trinajstić information content (AvgIpc) is 3.44. The first-order valence-electron chi connectivity index (χ1n) is 10.5. The van der Waals surface area contributed by atoms with Crippen molar-refractivity contribution in [2.45, 2.75) is 32.7 Å². The number of amides is 3. The molecule has 3 aromatic rings. The number of carbonyl (C=O) groups is 2. The fourth-order valence-corrected chi connectivity index (χ4v) is 3.77. The Hall–Kier alpha value is -3.35. The van der Waals surface area contributed by atoms with Crippen LogP contribution < -0.4 is 10.6 Å². The Morgan fingerprint density at radius 1 is 1.07 bits per heavy atom. The lowest BCUT2D eigenvalue weighted by atomic mass is 10.1. The Balaban J connectivity index is 1.32. The number of aryl methyl sites for hydroxylation is 1. The van der Waals surface area contributed by atoms with E-state index in [0.717, 1.165) is 49.1 Å². The topological polar surface area (TPSA) is 79.3 Å². The molecule has 0 aliphatic carbocycles. The number of nitrogens with one attached hydrogen (secondary N) is 2. The molecule has 1 aromatic heterocycles. The first-order chi connectivity index (χ1) is 14.6. The minimum Gasteiger partial charge on any atom is -0.339 e. The zero-order valence-corrected chi connectivity index (χ0v) is 17.2. The molecule has 2 aromatic carbocycles. The van der Waals surface area contributed by atoms with Gasteiger partial charge in [0.05, 0.1) is 17.4 Å². The molecule has 0 saturated carbocycles. The Morgan fingerprint density at radius 2 is 1.83 bits per heavy atom. The lowest BCUT2D eigenvalue weighted by molar-refractivity contribution is 0.0793. The van der Waals surface area contributed by atoms with E-state index >= 15 is 0 Å². The number of benzene rings is 2. The molecule has 7 heteroatoms. The fraction of sp³-hybridized carbons (Fsp3) is 0.348. The van der Waals surface area contributed by atoms with Gasteiger partial charge in [-0.25, -0.2) is 9.78 Å². The first kappa shape index (κ1) is 19.9. The number of urea groups is 1. The normalized spacial score (nSPS) is 13.6. The highest BCUT2D eigenvalue weighted by molar-refractivity contribution is 5.97. The first-order valence-corrected chi connectivity index (χ1v) is 10.5. The summed E-state index contributed by atoms with van der Waals surface area (Å²) in [5.41, 5.74) is 4.43. The number of anilines is 1. The number of likely N-dealkylation sites (tertiary alicyclic amines) is 1. The molecule has 30 heavy (non-hydrogen) atoms. The summed E-state index contributed by atoms with van der Waals surface area (Å²) in [4.78, 5) is 31.0. The summed E-state index contributed by atoms with van der Waals surface area (Å²) in [6.07, 6.45) is 4.87. The van der Waals surface area contributed by atoms with E-state index in [0.29, 0.717) is 18.7 Å². The summed E-state index contributed by atoms with van der Waals surface area (Å²) in [5.74, 6) is 0.0780. The quantitative estimate of drug-likeness (QED) is 0.657. The Kier molecular flexibility index (Phi) is 5.97. The van der Waals surface area contributed by atoms with Gasteiger partial charge in [0.2, 0.25) is 0 Å². The molecule has 2 heterocycles. The molecular weight excluding hydrogens is 378 g/mol. The molecule has 1 fully saturated rings. The van der Waals surface area contributed by atoms with Crippen molar-refractivity contribution >= 4 is 28.7 Å². The van der Waals surface area contributed by atoms with Gasteiger partial charge < -0.3 is 20.1 Å². The minimum atomic E-state index is -0.234. The molecule has 1 saturated heterocycles. The molecule has 0 atom stereocenters. The summed E-state index contributed by atoms with van der Waals surface area (Å²) >= 11 is 0. The number of aromatic nitrogens is 2. The SMILES string of the molecule is CCc1ccc(NC(=O)NCCn2cnc3cc(C(=O)N4CCCC4)ccc32)cc1. The van der Waals surface area contributed by atoms with Crippen molar-refractivity contribution in [2.24, 2.45) is 0 Å². The number of nitrogens with zero attached hydrogens (tertiary/aromatic N) is 3. The van der Waals surface area contributed by atoms with Crippen molar-refractivity contribution < 1.29 is 9.59 Å². The lowest BCUT2D eigenvalue weighted by Crippen LogP contribution is -2.31. The molecule has 0 radical (unpaired) electrons. The van der Waals surface area contributed by atoms with Crippen LogP contribution in [0.4, 0.5) is 10.5 Å². The highest BCUT2D eigenvalue weighted by Gasteiger charge is 2.20. The van der Waals surface area contributed by atoms with E-state index < -0.39 is 0 Å². The van der Waals surface area contributed by atoms with Gasteiger partial charge in [-0.15, -0.1) is 0 Å². The van der Waals surface area contributed by atoms with Crippen LogP contribution >= 0.6 is 0 Å². The highest BCUT2D eigenvalue weighted by atomic mass is 16.2. The van der Waals surface area contributed by atoms with Crippen LogP contribution in [0.1, 0.15) is 35.7 Å². The van der Waals surface area contributed by atoms with Crippen LogP contribution in [0, 0.1) is 0 Å². The van der Waals surface area contributed by atoms with E-state index in [-0.39, 0.29) is 11.9 Å². The molecule has 0 unspecified atom stereocenters. The average molecular weight is 406 g/mol. The van der Waals surface area contributed by atoms with Gasteiger partial charge in [0.15, 0.2) is 0 Å².